The first-order valence-corrected chi connectivity index (χ1v) is 7.89. The lowest BCUT2D eigenvalue weighted by molar-refractivity contribution is 0.102. The molecular formula is C21H19NO2. The SMILES string of the molecule is CC(O)c1ccccc1NC(=O)c1ccc(-c2ccccc2)cc1. The minimum Gasteiger partial charge on any atom is -0.389 e. The van der Waals surface area contributed by atoms with Gasteiger partial charge in [0.25, 0.3) is 5.91 Å². The monoisotopic (exact) mass is 317 g/mol. The van der Waals surface area contributed by atoms with E-state index in [0.29, 0.717) is 16.8 Å². The maximum Gasteiger partial charge on any atom is 0.255 e. The lowest BCUT2D eigenvalue weighted by atomic mass is 10.0. The number of para-hydroxylation sites is 1. The summed E-state index contributed by atoms with van der Waals surface area (Å²) in [7, 11) is 0. The average molecular weight is 317 g/mol. The number of carbonyl (C=O) groups is 1. The van der Waals surface area contributed by atoms with Crippen molar-refractivity contribution in [1.29, 1.82) is 0 Å². The van der Waals surface area contributed by atoms with Gasteiger partial charge in [-0.05, 0) is 36.2 Å². The molecule has 3 aromatic carbocycles. The zero-order valence-electron chi connectivity index (χ0n) is 13.4. The molecule has 0 aliphatic rings. The normalized spacial score (nSPS) is 11.8. The number of anilines is 1. The Balaban J connectivity index is 1.79. The molecule has 3 heteroatoms. The van der Waals surface area contributed by atoms with Crippen LogP contribution >= 0.6 is 0 Å². The zero-order valence-corrected chi connectivity index (χ0v) is 13.4. The van der Waals surface area contributed by atoms with E-state index in [4.69, 9.17) is 0 Å². The van der Waals surface area contributed by atoms with Crippen molar-refractivity contribution in [2.24, 2.45) is 0 Å². The van der Waals surface area contributed by atoms with Gasteiger partial charge < -0.3 is 10.4 Å². The molecule has 2 N–H and O–H groups in total. The van der Waals surface area contributed by atoms with E-state index in [1.807, 2.05) is 66.7 Å². The average Bonchev–Trinajstić information content (AvgIpc) is 2.63. The molecule has 24 heavy (non-hydrogen) atoms. The van der Waals surface area contributed by atoms with Gasteiger partial charge in [0.2, 0.25) is 0 Å². The summed E-state index contributed by atoms with van der Waals surface area (Å²) >= 11 is 0. The van der Waals surface area contributed by atoms with Gasteiger partial charge in [-0.25, -0.2) is 0 Å². The Hall–Kier alpha value is -2.91. The van der Waals surface area contributed by atoms with Crippen LogP contribution in [0.5, 0.6) is 0 Å². The predicted molar refractivity (Wildman–Crippen MR) is 96.9 cm³/mol. The number of rotatable bonds is 4. The molecule has 0 aromatic heterocycles. The first-order valence-electron chi connectivity index (χ1n) is 7.89. The number of hydrogen-bond donors (Lipinski definition) is 2. The molecule has 0 saturated carbocycles. The van der Waals surface area contributed by atoms with Crippen molar-refractivity contribution in [1.82, 2.24) is 0 Å². The summed E-state index contributed by atoms with van der Waals surface area (Å²) in [5.74, 6) is -0.192. The third kappa shape index (κ3) is 3.53. The Bertz CT molecular complexity index is 824. The van der Waals surface area contributed by atoms with E-state index in [1.165, 1.54) is 0 Å². The summed E-state index contributed by atoms with van der Waals surface area (Å²) in [5.41, 5.74) is 4.09. The number of aliphatic hydroxyl groups excluding tert-OH is 1. The van der Waals surface area contributed by atoms with Gasteiger partial charge in [-0.15, -0.1) is 0 Å². The first kappa shape index (κ1) is 16.0. The zero-order chi connectivity index (χ0) is 16.9. The third-order valence-electron chi connectivity index (χ3n) is 3.91. The fourth-order valence-electron chi connectivity index (χ4n) is 2.61. The molecular weight excluding hydrogens is 298 g/mol. The van der Waals surface area contributed by atoms with E-state index >= 15 is 0 Å². The van der Waals surface area contributed by atoms with Crippen LogP contribution in [0.4, 0.5) is 5.69 Å². The van der Waals surface area contributed by atoms with Crippen molar-refractivity contribution in [2.45, 2.75) is 13.0 Å². The molecule has 3 rings (SSSR count). The lowest BCUT2D eigenvalue weighted by Crippen LogP contribution is -2.13. The van der Waals surface area contributed by atoms with Crippen LogP contribution < -0.4 is 5.32 Å². The van der Waals surface area contributed by atoms with Crippen LogP contribution in [0.15, 0.2) is 78.9 Å². The maximum absolute atomic E-state index is 12.4. The molecule has 0 aliphatic heterocycles. The van der Waals surface area contributed by atoms with Gasteiger partial charge in [0.15, 0.2) is 0 Å². The van der Waals surface area contributed by atoms with Crippen LogP contribution in [0, 0.1) is 0 Å². The molecule has 0 spiro atoms. The molecule has 0 radical (unpaired) electrons. The highest BCUT2D eigenvalue weighted by Crippen LogP contribution is 2.23. The van der Waals surface area contributed by atoms with E-state index in [2.05, 4.69) is 5.32 Å². The van der Waals surface area contributed by atoms with E-state index < -0.39 is 6.10 Å². The third-order valence-corrected chi connectivity index (χ3v) is 3.91. The molecule has 3 nitrogen and oxygen atoms in total. The molecule has 1 unspecified atom stereocenters. The molecule has 0 aliphatic carbocycles. The molecule has 1 amide bonds. The van der Waals surface area contributed by atoms with Crippen molar-refractivity contribution in [3.63, 3.8) is 0 Å². The van der Waals surface area contributed by atoms with Crippen LogP contribution in [0.25, 0.3) is 11.1 Å². The molecule has 120 valence electrons. The van der Waals surface area contributed by atoms with Gasteiger partial charge in [0.1, 0.15) is 0 Å². The fraction of sp³-hybridized carbons (Fsp3) is 0.0952. The Kier molecular flexibility index (Phi) is 4.73. The molecule has 1 atom stereocenters. The summed E-state index contributed by atoms with van der Waals surface area (Å²) in [5, 5.41) is 12.7. The van der Waals surface area contributed by atoms with Gasteiger partial charge in [-0.3, -0.25) is 4.79 Å². The van der Waals surface area contributed by atoms with Gasteiger partial charge in [0, 0.05) is 16.8 Å². The number of benzene rings is 3. The van der Waals surface area contributed by atoms with Crippen molar-refractivity contribution < 1.29 is 9.90 Å². The second-order valence-corrected chi connectivity index (χ2v) is 5.66. The van der Waals surface area contributed by atoms with E-state index in [1.54, 1.807) is 19.1 Å². The summed E-state index contributed by atoms with van der Waals surface area (Å²) < 4.78 is 0. The Morgan fingerprint density at radius 3 is 2.08 bits per heavy atom. The Morgan fingerprint density at radius 1 is 0.833 bits per heavy atom. The highest BCUT2D eigenvalue weighted by Gasteiger charge is 2.11. The highest BCUT2D eigenvalue weighted by atomic mass is 16.3. The van der Waals surface area contributed by atoms with Crippen LogP contribution in [0.2, 0.25) is 0 Å². The minimum absolute atomic E-state index is 0.192. The van der Waals surface area contributed by atoms with Crippen LogP contribution in [0.1, 0.15) is 28.9 Å². The molecule has 0 saturated heterocycles. The molecule has 3 aromatic rings. The summed E-state index contributed by atoms with van der Waals surface area (Å²) in [4.78, 5) is 12.4. The first-order chi connectivity index (χ1) is 11.6. The number of carbonyl (C=O) groups excluding carboxylic acids is 1. The molecule has 0 bridgehead atoms. The second kappa shape index (κ2) is 7.11. The van der Waals surface area contributed by atoms with Crippen LogP contribution in [-0.4, -0.2) is 11.0 Å². The van der Waals surface area contributed by atoms with Crippen molar-refractivity contribution >= 4 is 11.6 Å². The van der Waals surface area contributed by atoms with Crippen LogP contribution in [-0.2, 0) is 0 Å². The number of amides is 1. The van der Waals surface area contributed by atoms with Crippen molar-refractivity contribution in [3.05, 3.63) is 90.0 Å². The number of aliphatic hydroxyl groups is 1. The van der Waals surface area contributed by atoms with Gasteiger partial charge >= 0.3 is 0 Å². The second-order valence-electron chi connectivity index (χ2n) is 5.66. The largest absolute Gasteiger partial charge is 0.389 e. The quantitative estimate of drug-likeness (QED) is 0.735. The van der Waals surface area contributed by atoms with Crippen molar-refractivity contribution in [2.75, 3.05) is 5.32 Å². The standard InChI is InChI=1S/C21H19NO2/c1-15(23)19-9-5-6-10-20(19)22-21(24)18-13-11-17(12-14-18)16-7-3-2-4-8-16/h2-15,23H,1H3,(H,22,24). The maximum atomic E-state index is 12.4. The van der Waals surface area contributed by atoms with E-state index in [9.17, 15) is 9.90 Å². The van der Waals surface area contributed by atoms with Crippen LogP contribution in [0.3, 0.4) is 0 Å². The molecule has 0 heterocycles. The van der Waals surface area contributed by atoms with E-state index in [0.717, 1.165) is 11.1 Å². The minimum atomic E-state index is -0.637. The van der Waals surface area contributed by atoms with Gasteiger partial charge in [-0.2, -0.15) is 0 Å². The summed E-state index contributed by atoms with van der Waals surface area (Å²) in [6.07, 6.45) is -0.637. The fourth-order valence-corrected chi connectivity index (χ4v) is 2.61. The van der Waals surface area contributed by atoms with Crippen molar-refractivity contribution in [3.8, 4) is 11.1 Å². The van der Waals surface area contributed by atoms with Gasteiger partial charge in [-0.1, -0.05) is 60.7 Å². The smallest absolute Gasteiger partial charge is 0.255 e. The summed E-state index contributed by atoms with van der Waals surface area (Å²) in [6, 6.07) is 24.8. The lowest BCUT2D eigenvalue weighted by Gasteiger charge is -2.13. The Morgan fingerprint density at radius 2 is 1.42 bits per heavy atom. The topological polar surface area (TPSA) is 49.3 Å². The highest BCUT2D eigenvalue weighted by molar-refractivity contribution is 6.04. The number of hydrogen-bond acceptors (Lipinski definition) is 2. The number of nitrogens with one attached hydrogen (secondary N) is 1. The van der Waals surface area contributed by atoms with Gasteiger partial charge in [0.05, 0.1) is 6.10 Å². The predicted octanol–water partition coefficient (Wildman–Crippen LogP) is 4.66. The molecule has 0 fully saturated rings. The van der Waals surface area contributed by atoms with E-state index in [-0.39, 0.29) is 5.91 Å². The Labute approximate surface area is 141 Å². The summed E-state index contributed by atoms with van der Waals surface area (Å²) in [6.45, 7) is 1.68.